The predicted molar refractivity (Wildman–Crippen MR) is 78.5 cm³/mol. The van der Waals surface area contributed by atoms with E-state index in [4.69, 9.17) is 0 Å². The molecule has 0 radical (unpaired) electrons. The minimum atomic E-state index is -3.49. The fourth-order valence-corrected chi connectivity index (χ4v) is 2.75. The van der Waals surface area contributed by atoms with E-state index in [0.29, 0.717) is 17.9 Å². The SMILES string of the molecule is CCCNS(=O)(=O)c1ccc(NC(=O)c2ccn[nH]2)cc1. The molecule has 0 saturated carbocycles. The number of carbonyl (C=O) groups is 1. The van der Waals surface area contributed by atoms with Crippen molar-refractivity contribution in [3.05, 3.63) is 42.2 Å². The number of rotatable bonds is 6. The van der Waals surface area contributed by atoms with Crippen LogP contribution in [-0.2, 0) is 10.0 Å². The number of aromatic amines is 1. The van der Waals surface area contributed by atoms with Crippen LogP contribution in [-0.4, -0.2) is 31.1 Å². The second-order valence-electron chi connectivity index (χ2n) is 4.35. The van der Waals surface area contributed by atoms with Crippen LogP contribution in [0.25, 0.3) is 0 Å². The average molecular weight is 308 g/mol. The van der Waals surface area contributed by atoms with Crippen molar-refractivity contribution in [2.75, 3.05) is 11.9 Å². The lowest BCUT2D eigenvalue weighted by Gasteiger charge is -2.07. The smallest absolute Gasteiger partial charge is 0.273 e. The first-order valence-corrected chi connectivity index (χ1v) is 7.91. The lowest BCUT2D eigenvalue weighted by Crippen LogP contribution is -2.24. The van der Waals surface area contributed by atoms with Crippen LogP contribution in [0.5, 0.6) is 0 Å². The zero-order valence-corrected chi connectivity index (χ0v) is 12.3. The van der Waals surface area contributed by atoms with E-state index in [1.165, 1.54) is 30.5 Å². The van der Waals surface area contributed by atoms with Crippen molar-refractivity contribution in [3.63, 3.8) is 0 Å². The van der Waals surface area contributed by atoms with Crippen LogP contribution in [0, 0.1) is 0 Å². The van der Waals surface area contributed by atoms with Gasteiger partial charge in [-0.3, -0.25) is 9.89 Å². The molecular formula is C13H16N4O3S. The summed E-state index contributed by atoms with van der Waals surface area (Å²) < 4.78 is 26.3. The molecule has 0 aliphatic carbocycles. The fourth-order valence-electron chi connectivity index (χ4n) is 1.62. The summed E-state index contributed by atoms with van der Waals surface area (Å²) in [5, 5.41) is 8.88. The lowest BCUT2D eigenvalue weighted by molar-refractivity contribution is 0.102. The molecule has 2 rings (SSSR count). The summed E-state index contributed by atoms with van der Waals surface area (Å²) in [6.45, 7) is 2.28. The molecule has 2 aromatic rings. The number of amides is 1. The van der Waals surface area contributed by atoms with Gasteiger partial charge in [-0.05, 0) is 36.8 Å². The van der Waals surface area contributed by atoms with Crippen LogP contribution in [0.15, 0.2) is 41.4 Å². The normalized spacial score (nSPS) is 11.3. The van der Waals surface area contributed by atoms with Gasteiger partial charge in [-0.1, -0.05) is 6.92 Å². The Morgan fingerprint density at radius 2 is 1.95 bits per heavy atom. The minimum absolute atomic E-state index is 0.162. The number of sulfonamides is 1. The van der Waals surface area contributed by atoms with E-state index < -0.39 is 10.0 Å². The molecule has 0 saturated heterocycles. The summed E-state index contributed by atoms with van der Waals surface area (Å²) in [6.07, 6.45) is 2.20. The largest absolute Gasteiger partial charge is 0.321 e. The molecule has 1 amide bonds. The van der Waals surface area contributed by atoms with Crippen molar-refractivity contribution in [1.82, 2.24) is 14.9 Å². The molecule has 7 nitrogen and oxygen atoms in total. The van der Waals surface area contributed by atoms with Gasteiger partial charge in [0.25, 0.3) is 5.91 Å². The lowest BCUT2D eigenvalue weighted by atomic mass is 10.3. The van der Waals surface area contributed by atoms with Crippen molar-refractivity contribution < 1.29 is 13.2 Å². The molecule has 8 heteroatoms. The molecule has 112 valence electrons. The van der Waals surface area contributed by atoms with Crippen molar-refractivity contribution in [2.45, 2.75) is 18.2 Å². The van der Waals surface area contributed by atoms with Crippen molar-refractivity contribution in [2.24, 2.45) is 0 Å². The molecule has 3 N–H and O–H groups in total. The molecular weight excluding hydrogens is 292 g/mol. The van der Waals surface area contributed by atoms with E-state index in [2.05, 4.69) is 20.2 Å². The quantitative estimate of drug-likeness (QED) is 0.749. The Morgan fingerprint density at radius 1 is 1.24 bits per heavy atom. The van der Waals surface area contributed by atoms with Crippen molar-refractivity contribution in [3.8, 4) is 0 Å². The molecule has 0 atom stereocenters. The highest BCUT2D eigenvalue weighted by Crippen LogP contribution is 2.14. The van der Waals surface area contributed by atoms with E-state index in [9.17, 15) is 13.2 Å². The predicted octanol–water partition coefficient (Wildman–Crippen LogP) is 1.35. The summed E-state index contributed by atoms with van der Waals surface area (Å²) >= 11 is 0. The zero-order valence-electron chi connectivity index (χ0n) is 11.5. The van der Waals surface area contributed by atoms with E-state index >= 15 is 0 Å². The summed E-state index contributed by atoms with van der Waals surface area (Å²) in [5.41, 5.74) is 0.834. The first-order chi connectivity index (χ1) is 10.0. The Kier molecular flexibility index (Phi) is 4.71. The molecule has 1 aromatic heterocycles. The van der Waals surface area contributed by atoms with Crippen LogP contribution in [0.3, 0.4) is 0 Å². The van der Waals surface area contributed by atoms with Crippen LogP contribution in [0.1, 0.15) is 23.8 Å². The molecule has 0 spiro atoms. The maximum absolute atomic E-state index is 11.9. The van der Waals surface area contributed by atoms with Crippen LogP contribution in [0.2, 0.25) is 0 Å². The van der Waals surface area contributed by atoms with Gasteiger partial charge in [0.1, 0.15) is 5.69 Å². The molecule has 21 heavy (non-hydrogen) atoms. The number of nitrogens with one attached hydrogen (secondary N) is 3. The Hall–Kier alpha value is -2.19. The summed E-state index contributed by atoms with van der Waals surface area (Å²) in [7, 11) is -3.49. The molecule has 0 aliphatic heterocycles. The maximum Gasteiger partial charge on any atom is 0.273 e. The number of carbonyl (C=O) groups excluding carboxylic acids is 1. The van der Waals surface area contributed by atoms with Gasteiger partial charge >= 0.3 is 0 Å². The third-order valence-corrected chi connectivity index (χ3v) is 4.19. The zero-order chi connectivity index (χ0) is 15.3. The molecule has 1 heterocycles. The first kappa shape index (κ1) is 15.2. The molecule has 0 bridgehead atoms. The van der Waals surface area contributed by atoms with Gasteiger partial charge in [-0.2, -0.15) is 5.10 Å². The summed E-state index contributed by atoms with van der Waals surface area (Å²) in [4.78, 5) is 11.9. The number of nitrogens with zero attached hydrogens (tertiary/aromatic N) is 1. The van der Waals surface area contributed by atoms with Crippen molar-refractivity contribution in [1.29, 1.82) is 0 Å². The van der Waals surface area contributed by atoms with E-state index in [1.54, 1.807) is 6.07 Å². The standard InChI is InChI=1S/C13H16N4O3S/c1-2-8-15-21(19,20)11-5-3-10(4-6-11)16-13(18)12-7-9-14-17-12/h3-7,9,15H,2,8H2,1H3,(H,14,17)(H,16,18). The maximum atomic E-state index is 11.9. The third-order valence-electron chi connectivity index (χ3n) is 2.71. The van der Waals surface area contributed by atoms with E-state index in [-0.39, 0.29) is 10.8 Å². The Bertz CT molecular complexity index is 694. The van der Waals surface area contributed by atoms with Gasteiger partial charge in [-0.15, -0.1) is 0 Å². The Labute approximate surface area is 122 Å². The number of hydrogen-bond acceptors (Lipinski definition) is 4. The second-order valence-corrected chi connectivity index (χ2v) is 6.11. The number of H-pyrrole nitrogens is 1. The molecule has 1 aromatic carbocycles. The monoisotopic (exact) mass is 308 g/mol. The van der Waals surface area contributed by atoms with Gasteiger partial charge in [0.2, 0.25) is 10.0 Å². The van der Waals surface area contributed by atoms with Crippen LogP contribution >= 0.6 is 0 Å². The van der Waals surface area contributed by atoms with Crippen LogP contribution < -0.4 is 10.0 Å². The molecule has 0 fully saturated rings. The third kappa shape index (κ3) is 3.89. The van der Waals surface area contributed by atoms with Gasteiger partial charge < -0.3 is 5.32 Å². The highest BCUT2D eigenvalue weighted by atomic mass is 32.2. The minimum Gasteiger partial charge on any atom is -0.321 e. The average Bonchev–Trinajstić information content (AvgIpc) is 3.00. The topological polar surface area (TPSA) is 104 Å². The number of hydrogen-bond donors (Lipinski definition) is 3. The van der Waals surface area contributed by atoms with Gasteiger partial charge in [0, 0.05) is 18.4 Å². The fraction of sp³-hybridized carbons (Fsp3) is 0.231. The summed E-state index contributed by atoms with van der Waals surface area (Å²) in [5.74, 6) is -0.341. The number of anilines is 1. The van der Waals surface area contributed by atoms with Gasteiger partial charge in [-0.25, -0.2) is 13.1 Å². The summed E-state index contributed by atoms with van der Waals surface area (Å²) in [6, 6.07) is 7.51. The molecule has 0 aliphatic rings. The number of aromatic nitrogens is 2. The number of benzene rings is 1. The first-order valence-electron chi connectivity index (χ1n) is 6.43. The second kappa shape index (κ2) is 6.51. The van der Waals surface area contributed by atoms with E-state index in [1.807, 2.05) is 6.92 Å². The van der Waals surface area contributed by atoms with Crippen LogP contribution in [0.4, 0.5) is 5.69 Å². The van der Waals surface area contributed by atoms with E-state index in [0.717, 1.165) is 6.42 Å². The Balaban J connectivity index is 2.07. The van der Waals surface area contributed by atoms with Crippen molar-refractivity contribution >= 4 is 21.6 Å². The highest BCUT2D eigenvalue weighted by molar-refractivity contribution is 7.89. The van der Waals surface area contributed by atoms with Gasteiger partial charge in [0.15, 0.2) is 0 Å². The molecule has 0 unspecified atom stereocenters. The highest BCUT2D eigenvalue weighted by Gasteiger charge is 2.13. The van der Waals surface area contributed by atoms with Gasteiger partial charge in [0.05, 0.1) is 4.90 Å². The Morgan fingerprint density at radius 3 is 2.52 bits per heavy atom.